The van der Waals surface area contributed by atoms with Crippen LogP contribution in [0.2, 0.25) is 20.1 Å². The Morgan fingerprint density at radius 3 is 1.45 bits per heavy atom. The Hall–Kier alpha value is -4.04. The second kappa shape index (κ2) is 14.7. The number of nitrogens with zero attached hydrogens (tertiary/aromatic N) is 6. The molecule has 2 aromatic heterocycles. The van der Waals surface area contributed by atoms with Gasteiger partial charge in [0.2, 0.25) is 11.6 Å². The molecule has 0 radical (unpaired) electrons. The van der Waals surface area contributed by atoms with E-state index in [2.05, 4.69) is 20.2 Å². The Kier molecular flexibility index (Phi) is 9.94. The molecule has 0 spiro atoms. The summed E-state index contributed by atoms with van der Waals surface area (Å²) in [4.78, 5) is 8.12. The lowest BCUT2D eigenvalue weighted by Crippen LogP contribution is -2.34. The van der Waals surface area contributed by atoms with E-state index in [0.717, 1.165) is 11.1 Å². The van der Waals surface area contributed by atoms with Crippen LogP contribution >= 0.6 is 46.4 Å². The molecule has 4 atom stereocenters. The van der Waals surface area contributed by atoms with Gasteiger partial charge in [0.15, 0.2) is 0 Å². The topological polar surface area (TPSA) is 108 Å². The van der Waals surface area contributed by atoms with Crippen LogP contribution in [-0.2, 0) is 43.6 Å². The number of halogens is 4. The molecule has 2 fully saturated rings. The zero-order valence-corrected chi connectivity index (χ0v) is 31.5. The lowest BCUT2D eigenvalue weighted by Gasteiger charge is -2.29. The maximum atomic E-state index is 7.01. The van der Waals surface area contributed by atoms with Crippen molar-refractivity contribution in [2.75, 3.05) is 13.2 Å². The standard InChI is InChI=1S/C38H32Cl4N6O5/c1-23-15-49-37(52-23,17-47-21-43-19-45-47)31-7-3-25(11-33(31)41)29-13-27(39)5-9-35(29)51-36-10-6-28(40)14-30(36)26-4-8-32(34(42)12-26)38(50-16-24(2)53-38)18-48-22-44-20-46-48/h3-14,19-24H,15-18H2,1-2H3/t23-,24-,37+,38+/m0/s1. The highest BCUT2D eigenvalue weighted by Crippen LogP contribution is 2.46. The van der Waals surface area contributed by atoms with E-state index in [0.29, 0.717) is 67.1 Å². The fraction of sp³-hybridized carbons (Fsp3) is 0.263. The number of rotatable bonds is 10. The van der Waals surface area contributed by atoms with Gasteiger partial charge >= 0.3 is 0 Å². The van der Waals surface area contributed by atoms with E-state index < -0.39 is 11.6 Å². The maximum absolute atomic E-state index is 7.01. The first-order chi connectivity index (χ1) is 25.6. The third-order valence-electron chi connectivity index (χ3n) is 9.04. The lowest BCUT2D eigenvalue weighted by atomic mass is 9.98. The van der Waals surface area contributed by atoms with Crippen molar-refractivity contribution < 1.29 is 23.7 Å². The normalized spacial score (nSPS) is 22.8. The van der Waals surface area contributed by atoms with Crippen LogP contribution in [0.4, 0.5) is 0 Å². The fourth-order valence-corrected chi connectivity index (χ4v) is 7.69. The van der Waals surface area contributed by atoms with Crippen LogP contribution < -0.4 is 4.74 Å². The molecule has 8 rings (SSSR count). The van der Waals surface area contributed by atoms with E-state index in [-0.39, 0.29) is 25.3 Å². The zero-order chi connectivity index (χ0) is 36.7. The van der Waals surface area contributed by atoms with Crippen LogP contribution in [0.25, 0.3) is 22.3 Å². The van der Waals surface area contributed by atoms with Gasteiger partial charge in [-0.1, -0.05) is 70.7 Å². The predicted octanol–water partition coefficient (Wildman–Crippen LogP) is 9.19. The molecule has 0 unspecified atom stereocenters. The minimum atomic E-state index is -1.14. The summed E-state index contributed by atoms with van der Waals surface area (Å²) in [5, 5.41) is 10.4. The van der Waals surface area contributed by atoms with Crippen LogP contribution in [0.5, 0.6) is 11.5 Å². The van der Waals surface area contributed by atoms with Crippen molar-refractivity contribution in [3.63, 3.8) is 0 Å². The molecule has 53 heavy (non-hydrogen) atoms. The highest BCUT2D eigenvalue weighted by Gasteiger charge is 2.45. The molecule has 0 N–H and O–H groups in total. The van der Waals surface area contributed by atoms with Crippen LogP contribution in [0.3, 0.4) is 0 Å². The van der Waals surface area contributed by atoms with Gasteiger partial charge in [-0.3, -0.25) is 0 Å². The van der Waals surface area contributed by atoms with Crippen molar-refractivity contribution >= 4 is 46.4 Å². The summed E-state index contributed by atoms with van der Waals surface area (Å²) >= 11 is 27.1. The number of aromatic nitrogens is 6. The van der Waals surface area contributed by atoms with Gasteiger partial charge in [0.25, 0.3) is 0 Å². The van der Waals surface area contributed by atoms with Crippen LogP contribution in [-0.4, -0.2) is 55.0 Å². The first-order valence-electron chi connectivity index (χ1n) is 16.8. The summed E-state index contributed by atoms with van der Waals surface area (Å²) < 4.78 is 35.1. The molecule has 15 heteroatoms. The Bertz CT molecular complexity index is 2100. The molecular formula is C38H32Cl4N6O5. The Morgan fingerprint density at radius 1 is 0.642 bits per heavy atom. The van der Waals surface area contributed by atoms with Gasteiger partial charge in [-0.05, 0) is 73.5 Å². The first-order valence-corrected chi connectivity index (χ1v) is 18.3. The molecule has 0 amide bonds. The summed E-state index contributed by atoms with van der Waals surface area (Å²) in [6.07, 6.45) is 5.86. The molecule has 6 aromatic rings. The third kappa shape index (κ3) is 7.28. The molecule has 4 aromatic carbocycles. The van der Waals surface area contributed by atoms with E-state index >= 15 is 0 Å². The maximum Gasteiger partial charge on any atom is 0.217 e. The Balaban J connectivity index is 1.12. The van der Waals surface area contributed by atoms with Crippen molar-refractivity contribution in [1.29, 1.82) is 0 Å². The van der Waals surface area contributed by atoms with E-state index in [9.17, 15) is 0 Å². The molecule has 272 valence electrons. The van der Waals surface area contributed by atoms with Gasteiger partial charge in [-0.15, -0.1) is 0 Å². The molecule has 2 aliphatic heterocycles. The van der Waals surface area contributed by atoms with Gasteiger partial charge < -0.3 is 23.7 Å². The van der Waals surface area contributed by atoms with E-state index in [1.807, 2.05) is 74.5 Å². The second-order valence-corrected chi connectivity index (χ2v) is 14.6. The van der Waals surface area contributed by atoms with Gasteiger partial charge in [0, 0.05) is 42.3 Å². The molecule has 4 heterocycles. The van der Waals surface area contributed by atoms with Crippen molar-refractivity contribution in [2.45, 2.75) is 50.7 Å². The summed E-state index contributed by atoms with van der Waals surface area (Å²) in [5.41, 5.74) is 4.30. The Labute approximate surface area is 325 Å². The number of hydrogen-bond donors (Lipinski definition) is 0. The van der Waals surface area contributed by atoms with Crippen LogP contribution in [0.15, 0.2) is 98.1 Å². The monoisotopic (exact) mass is 792 g/mol. The quantitative estimate of drug-likeness (QED) is 0.134. The average Bonchev–Trinajstić information content (AvgIpc) is 3.97. The number of hydrogen-bond acceptors (Lipinski definition) is 9. The number of benzene rings is 4. The predicted molar refractivity (Wildman–Crippen MR) is 200 cm³/mol. The largest absolute Gasteiger partial charge is 0.456 e. The van der Waals surface area contributed by atoms with Gasteiger partial charge in [0.05, 0.1) is 25.4 Å². The molecule has 0 saturated carbocycles. The van der Waals surface area contributed by atoms with Crippen LogP contribution in [0.1, 0.15) is 25.0 Å². The van der Waals surface area contributed by atoms with Crippen molar-refractivity contribution in [2.24, 2.45) is 0 Å². The molecular weight excluding hydrogens is 762 g/mol. The molecule has 2 saturated heterocycles. The third-order valence-corrected chi connectivity index (χ3v) is 10.1. The second-order valence-electron chi connectivity index (χ2n) is 12.9. The van der Waals surface area contributed by atoms with E-state index in [1.54, 1.807) is 34.2 Å². The Morgan fingerprint density at radius 2 is 1.09 bits per heavy atom. The van der Waals surface area contributed by atoms with Gasteiger partial charge in [0.1, 0.15) is 49.9 Å². The van der Waals surface area contributed by atoms with Crippen molar-refractivity contribution in [3.8, 4) is 33.8 Å². The van der Waals surface area contributed by atoms with E-state index in [4.69, 9.17) is 70.1 Å². The van der Waals surface area contributed by atoms with Crippen molar-refractivity contribution in [1.82, 2.24) is 29.5 Å². The van der Waals surface area contributed by atoms with Crippen LogP contribution in [0, 0.1) is 0 Å². The first kappa shape index (κ1) is 36.0. The highest BCUT2D eigenvalue weighted by molar-refractivity contribution is 6.33. The summed E-state index contributed by atoms with van der Waals surface area (Å²) in [7, 11) is 0. The molecule has 0 aliphatic carbocycles. The number of ether oxygens (including phenoxy) is 5. The summed E-state index contributed by atoms with van der Waals surface area (Å²) in [6, 6.07) is 22.2. The molecule has 2 aliphatic rings. The molecule has 11 nitrogen and oxygen atoms in total. The molecule has 0 bridgehead atoms. The van der Waals surface area contributed by atoms with E-state index in [1.165, 1.54) is 12.7 Å². The minimum absolute atomic E-state index is 0.143. The van der Waals surface area contributed by atoms with Crippen molar-refractivity contribution in [3.05, 3.63) is 129 Å². The SMILES string of the molecule is C[C@H]1CO[C@@](Cn2cncn2)(c2ccc(-c3cc(Cl)ccc3Oc3ccc(Cl)cc3-c3ccc([C@]4(Cn5cncn5)OC[C@H](C)O4)c(Cl)c3)cc2Cl)O1. The summed E-state index contributed by atoms with van der Waals surface area (Å²) in [5.74, 6) is -1.21. The zero-order valence-electron chi connectivity index (χ0n) is 28.5. The smallest absolute Gasteiger partial charge is 0.217 e. The summed E-state index contributed by atoms with van der Waals surface area (Å²) in [6.45, 7) is 5.25. The minimum Gasteiger partial charge on any atom is -0.456 e. The van der Waals surface area contributed by atoms with Gasteiger partial charge in [-0.2, -0.15) is 10.2 Å². The van der Waals surface area contributed by atoms with Gasteiger partial charge in [-0.25, -0.2) is 19.3 Å². The lowest BCUT2D eigenvalue weighted by molar-refractivity contribution is -0.187. The fourth-order valence-electron chi connectivity index (χ4n) is 6.70. The highest BCUT2D eigenvalue weighted by atomic mass is 35.5. The average molecular weight is 795 g/mol.